The summed E-state index contributed by atoms with van der Waals surface area (Å²) in [6, 6.07) is 8.22. The molecule has 0 aliphatic carbocycles. The van der Waals surface area contributed by atoms with Crippen molar-refractivity contribution in [2.75, 3.05) is 0 Å². The monoisotopic (exact) mass is 205 g/mol. The van der Waals surface area contributed by atoms with Gasteiger partial charge in [0.2, 0.25) is 11.8 Å². The maximum atomic E-state index is 11.8. The highest BCUT2D eigenvalue weighted by atomic mass is 16.5. The van der Waals surface area contributed by atoms with Gasteiger partial charge in [0, 0.05) is 18.9 Å². The van der Waals surface area contributed by atoms with Crippen LogP contribution < -0.4 is 0 Å². The van der Waals surface area contributed by atoms with Crippen LogP contribution >= 0.6 is 0 Å². The number of benzene rings is 1. The first-order valence-electron chi connectivity index (χ1n) is 5.05. The molecule has 0 N–H and O–H groups in total. The molecule has 0 fully saturated rings. The third-order valence-electron chi connectivity index (χ3n) is 2.18. The van der Waals surface area contributed by atoms with Crippen LogP contribution in [-0.4, -0.2) is 22.8 Å². The van der Waals surface area contributed by atoms with Crippen molar-refractivity contribution in [3.8, 4) is 0 Å². The van der Waals surface area contributed by atoms with E-state index in [0.29, 0.717) is 12.0 Å². The van der Waals surface area contributed by atoms with Crippen LogP contribution in [0.15, 0.2) is 30.3 Å². The van der Waals surface area contributed by atoms with E-state index in [-0.39, 0.29) is 5.78 Å². The quantitative estimate of drug-likeness (QED) is 0.249. The minimum Gasteiger partial charge on any atom is -0.623 e. The molecule has 3 heteroatoms. The Labute approximate surface area is 89.6 Å². The molecule has 0 spiro atoms. The van der Waals surface area contributed by atoms with E-state index in [0.717, 1.165) is 4.74 Å². The van der Waals surface area contributed by atoms with Crippen LogP contribution in [0.1, 0.15) is 30.6 Å². The predicted molar refractivity (Wildman–Crippen MR) is 60.2 cm³/mol. The number of carbonyl (C=O) groups is 1. The van der Waals surface area contributed by atoms with E-state index in [1.807, 2.05) is 13.0 Å². The summed E-state index contributed by atoms with van der Waals surface area (Å²) in [4.78, 5) is 11.8. The van der Waals surface area contributed by atoms with E-state index in [2.05, 4.69) is 0 Å². The minimum absolute atomic E-state index is 0.143. The molecule has 1 rings (SSSR count). The number of Topliss-reactive ketones (excluding diaryl/α,β-unsaturated/α-hetero) is 1. The summed E-state index contributed by atoms with van der Waals surface area (Å²) in [5.74, 6) is -0.143. The van der Waals surface area contributed by atoms with Gasteiger partial charge in [0.05, 0.1) is 0 Å². The van der Waals surface area contributed by atoms with Crippen molar-refractivity contribution in [3.63, 3.8) is 0 Å². The Bertz CT molecular complexity index is 357. The van der Waals surface area contributed by atoms with E-state index in [4.69, 9.17) is 0 Å². The van der Waals surface area contributed by atoms with E-state index in [1.54, 1.807) is 31.2 Å². The van der Waals surface area contributed by atoms with Crippen molar-refractivity contribution in [1.82, 2.24) is 0 Å². The standard InChI is InChI=1S/C12H15NO2/c1-3-9-13(15)10(2)12(14)11-7-5-4-6-8-11/h4-10H,3H2,1-2H3/b13-9-. The topological polar surface area (TPSA) is 43.1 Å². The Hall–Kier alpha value is -1.64. The first-order valence-corrected chi connectivity index (χ1v) is 5.05. The molecule has 0 saturated heterocycles. The van der Waals surface area contributed by atoms with Crippen LogP contribution in [0.2, 0.25) is 0 Å². The van der Waals surface area contributed by atoms with Crippen molar-refractivity contribution >= 4 is 12.0 Å². The molecule has 0 heterocycles. The van der Waals surface area contributed by atoms with Crippen LogP contribution in [0.3, 0.4) is 0 Å². The summed E-state index contributed by atoms with van der Waals surface area (Å²) in [6.07, 6.45) is 2.11. The molecule has 1 aromatic carbocycles. The van der Waals surface area contributed by atoms with Gasteiger partial charge in [-0.05, 0) is 0 Å². The average molecular weight is 205 g/mol. The number of rotatable bonds is 4. The molecule has 80 valence electrons. The van der Waals surface area contributed by atoms with Crippen molar-refractivity contribution in [2.24, 2.45) is 0 Å². The van der Waals surface area contributed by atoms with Gasteiger partial charge in [0.15, 0.2) is 6.21 Å². The fraction of sp³-hybridized carbons (Fsp3) is 0.333. The number of nitrogens with zero attached hydrogens (tertiary/aromatic N) is 1. The Balaban J connectivity index is 2.82. The van der Waals surface area contributed by atoms with Gasteiger partial charge in [-0.3, -0.25) is 4.79 Å². The van der Waals surface area contributed by atoms with Gasteiger partial charge in [-0.15, -0.1) is 0 Å². The summed E-state index contributed by atoms with van der Waals surface area (Å²) in [5, 5.41) is 11.4. The first kappa shape index (κ1) is 11.4. The van der Waals surface area contributed by atoms with Crippen LogP contribution in [-0.2, 0) is 0 Å². The predicted octanol–water partition coefficient (Wildman–Crippen LogP) is 2.25. The third kappa shape index (κ3) is 2.91. The van der Waals surface area contributed by atoms with Gasteiger partial charge >= 0.3 is 0 Å². The molecule has 0 aliphatic heterocycles. The van der Waals surface area contributed by atoms with Gasteiger partial charge in [-0.25, -0.2) is 4.74 Å². The van der Waals surface area contributed by atoms with Crippen LogP contribution in [0, 0.1) is 5.21 Å². The first-order chi connectivity index (χ1) is 7.16. The number of ketones is 1. The minimum atomic E-state index is -0.646. The molecular formula is C12H15NO2. The summed E-state index contributed by atoms with van der Waals surface area (Å²) in [5.41, 5.74) is 0.579. The largest absolute Gasteiger partial charge is 0.623 e. The molecule has 0 aliphatic rings. The Morgan fingerprint density at radius 1 is 1.47 bits per heavy atom. The Morgan fingerprint density at radius 2 is 2.07 bits per heavy atom. The van der Waals surface area contributed by atoms with Crippen molar-refractivity contribution in [3.05, 3.63) is 41.1 Å². The highest BCUT2D eigenvalue weighted by Crippen LogP contribution is 2.05. The van der Waals surface area contributed by atoms with Gasteiger partial charge in [0.1, 0.15) is 0 Å². The van der Waals surface area contributed by atoms with Crippen LogP contribution in [0.4, 0.5) is 0 Å². The maximum Gasteiger partial charge on any atom is 0.231 e. The lowest BCUT2D eigenvalue weighted by atomic mass is 10.1. The van der Waals surface area contributed by atoms with E-state index in [9.17, 15) is 10.0 Å². The molecule has 1 aromatic rings. The average Bonchev–Trinajstić information content (AvgIpc) is 2.28. The molecule has 0 radical (unpaired) electrons. The van der Waals surface area contributed by atoms with Crippen molar-refractivity contribution < 1.29 is 9.53 Å². The second kappa shape index (κ2) is 5.29. The summed E-state index contributed by atoms with van der Waals surface area (Å²) >= 11 is 0. The Kier molecular flexibility index (Phi) is 4.03. The molecule has 1 unspecified atom stereocenters. The molecule has 0 aromatic heterocycles. The molecular weight excluding hydrogens is 190 g/mol. The number of hydrogen-bond donors (Lipinski definition) is 0. The number of hydroxylamine groups is 1. The molecule has 0 amide bonds. The molecule has 3 nitrogen and oxygen atoms in total. The van der Waals surface area contributed by atoms with Crippen molar-refractivity contribution in [2.45, 2.75) is 26.3 Å². The fourth-order valence-corrected chi connectivity index (χ4v) is 1.30. The van der Waals surface area contributed by atoms with Gasteiger partial charge in [-0.2, -0.15) is 0 Å². The molecule has 0 bridgehead atoms. The van der Waals surface area contributed by atoms with Gasteiger partial charge in [-0.1, -0.05) is 37.3 Å². The summed E-state index contributed by atoms with van der Waals surface area (Å²) in [6.45, 7) is 3.49. The van der Waals surface area contributed by atoms with Crippen LogP contribution in [0.5, 0.6) is 0 Å². The SMILES string of the molecule is CC/C=[N+](\[O-])C(C)C(=O)c1ccccc1. The number of carbonyl (C=O) groups excluding carboxylic acids is 1. The maximum absolute atomic E-state index is 11.8. The zero-order chi connectivity index (χ0) is 11.3. The fourth-order valence-electron chi connectivity index (χ4n) is 1.30. The van der Waals surface area contributed by atoms with Crippen molar-refractivity contribution in [1.29, 1.82) is 0 Å². The van der Waals surface area contributed by atoms with E-state index < -0.39 is 6.04 Å². The van der Waals surface area contributed by atoms with E-state index in [1.165, 1.54) is 6.21 Å². The second-order valence-electron chi connectivity index (χ2n) is 3.36. The molecule has 0 saturated carbocycles. The van der Waals surface area contributed by atoms with E-state index >= 15 is 0 Å². The Morgan fingerprint density at radius 3 is 2.60 bits per heavy atom. The van der Waals surface area contributed by atoms with Gasteiger partial charge < -0.3 is 5.21 Å². The highest BCUT2D eigenvalue weighted by molar-refractivity contribution is 5.99. The lowest BCUT2D eigenvalue weighted by molar-refractivity contribution is -0.475. The lowest BCUT2D eigenvalue weighted by Gasteiger charge is -2.11. The zero-order valence-corrected chi connectivity index (χ0v) is 9.01. The molecule has 15 heavy (non-hydrogen) atoms. The summed E-state index contributed by atoms with van der Waals surface area (Å²) < 4.78 is 0.718. The second-order valence-corrected chi connectivity index (χ2v) is 3.36. The number of hydrogen-bond acceptors (Lipinski definition) is 2. The lowest BCUT2D eigenvalue weighted by Crippen LogP contribution is -2.28. The highest BCUT2D eigenvalue weighted by Gasteiger charge is 2.20. The van der Waals surface area contributed by atoms with Gasteiger partial charge in [0.25, 0.3) is 0 Å². The normalized spacial score (nSPS) is 13.6. The zero-order valence-electron chi connectivity index (χ0n) is 9.01. The van der Waals surface area contributed by atoms with Crippen LogP contribution in [0.25, 0.3) is 0 Å². The third-order valence-corrected chi connectivity index (χ3v) is 2.18. The smallest absolute Gasteiger partial charge is 0.231 e. The summed E-state index contributed by atoms with van der Waals surface area (Å²) in [7, 11) is 0. The molecule has 1 atom stereocenters.